The van der Waals surface area contributed by atoms with Gasteiger partial charge in [0.15, 0.2) is 0 Å². The zero-order valence-electron chi connectivity index (χ0n) is 21.7. The van der Waals surface area contributed by atoms with Gasteiger partial charge in [0.25, 0.3) is 0 Å². The molecule has 0 nitrogen and oxygen atoms in total. The van der Waals surface area contributed by atoms with Crippen LogP contribution < -0.4 is 0 Å². The third-order valence-corrected chi connectivity index (χ3v) is 9.56. The minimum atomic E-state index is -4.68. The van der Waals surface area contributed by atoms with Crippen LogP contribution in [0.25, 0.3) is 6.08 Å². The summed E-state index contributed by atoms with van der Waals surface area (Å²) in [5.74, 6) is 2.28. The highest BCUT2D eigenvalue weighted by Crippen LogP contribution is 2.44. The molecule has 3 fully saturated rings. The van der Waals surface area contributed by atoms with Crippen molar-refractivity contribution in [2.45, 2.75) is 116 Å². The Morgan fingerprint density at radius 1 is 0.829 bits per heavy atom. The molecule has 0 aromatic heterocycles. The number of hydrogen-bond donors (Lipinski definition) is 0. The standard InChI is InChI=1S/C31H44F4/c1-3-4-22-7-14-24(15-8-22)25-16-9-23(10-17-25)11-18-27-19-20-28(26-12-5-21(2)6-13-26)30(32)29(27)31(33,34)35/h11,18-26H,3-10,12-17H2,1-2H3/b18-11+. The molecule has 3 saturated carbocycles. The average Bonchev–Trinajstić information content (AvgIpc) is 2.84. The fraction of sp³-hybridized carbons (Fsp3) is 0.742. The molecule has 3 aliphatic rings. The van der Waals surface area contributed by atoms with Gasteiger partial charge in [0.1, 0.15) is 5.82 Å². The molecular weight excluding hydrogens is 448 g/mol. The van der Waals surface area contributed by atoms with Crippen molar-refractivity contribution in [3.63, 3.8) is 0 Å². The van der Waals surface area contributed by atoms with E-state index in [9.17, 15) is 13.2 Å². The van der Waals surface area contributed by atoms with Crippen LogP contribution in [0.1, 0.15) is 126 Å². The van der Waals surface area contributed by atoms with Crippen molar-refractivity contribution in [2.24, 2.45) is 29.6 Å². The Kier molecular flexibility index (Phi) is 9.03. The Morgan fingerprint density at radius 3 is 2.00 bits per heavy atom. The Balaban J connectivity index is 1.39. The minimum absolute atomic E-state index is 0.0145. The largest absolute Gasteiger partial charge is 0.419 e. The van der Waals surface area contributed by atoms with Gasteiger partial charge in [-0.2, -0.15) is 13.2 Å². The van der Waals surface area contributed by atoms with E-state index in [2.05, 4.69) is 13.8 Å². The Bertz CT molecular complexity index is 830. The number of halogens is 4. The molecule has 0 saturated heterocycles. The fourth-order valence-electron chi connectivity index (χ4n) is 7.33. The van der Waals surface area contributed by atoms with E-state index >= 15 is 4.39 Å². The lowest BCUT2D eigenvalue weighted by atomic mass is 9.68. The first-order valence-electron chi connectivity index (χ1n) is 14.3. The number of benzene rings is 1. The summed E-state index contributed by atoms with van der Waals surface area (Å²) < 4.78 is 57.1. The van der Waals surface area contributed by atoms with Crippen LogP contribution in [-0.2, 0) is 6.18 Å². The first-order valence-corrected chi connectivity index (χ1v) is 14.3. The summed E-state index contributed by atoms with van der Waals surface area (Å²) in [6, 6.07) is 3.13. The van der Waals surface area contributed by atoms with Gasteiger partial charge in [-0.25, -0.2) is 4.39 Å². The van der Waals surface area contributed by atoms with Crippen molar-refractivity contribution in [1.29, 1.82) is 0 Å². The van der Waals surface area contributed by atoms with E-state index in [1.807, 2.05) is 6.08 Å². The molecule has 1 aromatic carbocycles. The number of alkyl halides is 3. The fourth-order valence-corrected chi connectivity index (χ4v) is 7.33. The van der Waals surface area contributed by atoms with E-state index in [-0.39, 0.29) is 17.0 Å². The van der Waals surface area contributed by atoms with E-state index in [4.69, 9.17) is 0 Å². The van der Waals surface area contributed by atoms with Gasteiger partial charge in [-0.1, -0.05) is 76.7 Å². The van der Waals surface area contributed by atoms with Crippen molar-refractivity contribution in [2.75, 3.05) is 0 Å². The number of hydrogen-bond acceptors (Lipinski definition) is 0. The molecule has 3 aliphatic carbocycles. The predicted molar refractivity (Wildman–Crippen MR) is 137 cm³/mol. The Morgan fingerprint density at radius 2 is 1.43 bits per heavy atom. The van der Waals surface area contributed by atoms with Gasteiger partial charge in [-0.05, 0) is 98.0 Å². The summed E-state index contributed by atoms with van der Waals surface area (Å²) in [6.45, 7) is 4.44. The highest BCUT2D eigenvalue weighted by Gasteiger charge is 2.39. The molecule has 196 valence electrons. The van der Waals surface area contributed by atoms with Crippen molar-refractivity contribution in [3.8, 4) is 0 Å². The molecule has 0 heterocycles. The van der Waals surface area contributed by atoms with E-state index in [1.54, 1.807) is 12.1 Å². The van der Waals surface area contributed by atoms with Crippen molar-refractivity contribution in [1.82, 2.24) is 0 Å². The molecule has 0 spiro atoms. The van der Waals surface area contributed by atoms with Gasteiger partial charge in [-0.3, -0.25) is 0 Å². The maximum absolute atomic E-state index is 15.3. The van der Waals surface area contributed by atoms with Gasteiger partial charge in [0.05, 0.1) is 5.56 Å². The topological polar surface area (TPSA) is 0 Å². The van der Waals surface area contributed by atoms with Crippen LogP contribution in [0.2, 0.25) is 0 Å². The highest BCUT2D eigenvalue weighted by molar-refractivity contribution is 5.57. The number of allylic oxidation sites excluding steroid dienone is 1. The van der Waals surface area contributed by atoms with Crippen LogP contribution in [0.5, 0.6) is 0 Å². The molecule has 0 atom stereocenters. The number of rotatable bonds is 6. The Hall–Kier alpha value is -1.32. The van der Waals surface area contributed by atoms with Crippen LogP contribution >= 0.6 is 0 Å². The third-order valence-electron chi connectivity index (χ3n) is 9.56. The van der Waals surface area contributed by atoms with Gasteiger partial charge >= 0.3 is 6.18 Å². The van der Waals surface area contributed by atoms with Gasteiger partial charge in [-0.15, -0.1) is 0 Å². The maximum atomic E-state index is 15.3. The van der Waals surface area contributed by atoms with Crippen LogP contribution in [-0.4, -0.2) is 0 Å². The molecular formula is C31H44F4. The zero-order chi connectivity index (χ0) is 25.0. The SMILES string of the molecule is CCCC1CCC(C2CCC(/C=C/c3ccc(C4CCC(C)CC4)c(F)c3C(F)(F)F)CC2)CC1. The summed E-state index contributed by atoms with van der Waals surface area (Å²) in [7, 11) is 0. The zero-order valence-corrected chi connectivity index (χ0v) is 21.7. The van der Waals surface area contributed by atoms with Crippen molar-refractivity contribution in [3.05, 3.63) is 40.7 Å². The van der Waals surface area contributed by atoms with Crippen LogP contribution in [0.15, 0.2) is 18.2 Å². The van der Waals surface area contributed by atoms with E-state index in [0.29, 0.717) is 11.8 Å². The Labute approximate surface area is 210 Å². The van der Waals surface area contributed by atoms with E-state index in [0.717, 1.165) is 56.3 Å². The van der Waals surface area contributed by atoms with Crippen LogP contribution in [0, 0.1) is 35.4 Å². The maximum Gasteiger partial charge on any atom is 0.419 e. The van der Waals surface area contributed by atoms with Crippen LogP contribution in [0.4, 0.5) is 17.6 Å². The van der Waals surface area contributed by atoms with E-state index in [1.165, 1.54) is 57.4 Å². The lowest BCUT2D eigenvalue weighted by molar-refractivity contribution is -0.140. The molecule has 0 unspecified atom stereocenters. The van der Waals surface area contributed by atoms with Gasteiger partial charge in [0, 0.05) is 0 Å². The second-order valence-corrected chi connectivity index (χ2v) is 12.0. The molecule has 0 bridgehead atoms. The molecule has 1 aromatic rings. The molecule has 0 N–H and O–H groups in total. The van der Waals surface area contributed by atoms with Crippen LogP contribution in [0.3, 0.4) is 0 Å². The summed E-state index contributed by atoms with van der Waals surface area (Å²) >= 11 is 0. The summed E-state index contributed by atoms with van der Waals surface area (Å²) in [6.07, 6.45) is 14.8. The van der Waals surface area contributed by atoms with Crippen molar-refractivity contribution >= 4 is 6.08 Å². The molecule has 4 rings (SSSR count). The lowest BCUT2D eigenvalue weighted by Gasteiger charge is -2.37. The van der Waals surface area contributed by atoms with Gasteiger partial charge < -0.3 is 0 Å². The summed E-state index contributed by atoms with van der Waals surface area (Å²) in [4.78, 5) is 0. The monoisotopic (exact) mass is 492 g/mol. The first kappa shape index (κ1) is 26.7. The minimum Gasteiger partial charge on any atom is -0.206 e. The molecule has 0 aliphatic heterocycles. The van der Waals surface area contributed by atoms with E-state index < -0.39 is 17.6 Å². The molecule has 4 heteroatoms. The average molecular weight is 493 g/mol. The van der Waals surface area contributed by atoms with Gasteiger partial charge in [0.2, 0.25) is 0 Å². The summed E-state index contributed by atoms with van der Waals surface area (Å²) in [5, 5.41) is 0. The second kappa shape index (κ2) is 11.8. The quantitative estimate of drug-likeness (QED) is 0.346. The molecule has 0 amide bonds. The highest BCUT2D eigenvalue weighted by atomic mass is 19.4. The third kappa shape index (κ3) is 6.72. The molecule has 35 heavy (non-hydrogen) atoms. The normalized spacial score (nSPS) is 32.7. The summed E-state index contributed by atoms with van der Waals surface area (Å²) in [5.41, 5.74) is -0.822. The first-order chi connectivity index (χ1) is 16.8. The lowest BCUT2D eigenvalue weighted by Crippen LogP contribution is -2.25. The smallest absolute Gasteiger partial charge is 0.206 e. The molecule has 0 radical (unpaired) electrons. The second-order valence-electron chi connectivity index (χ2n) is 12.0. The van der Waals surface area contributed by atoms with Crippen molar-refractivity contribution < 1.29 is 17.6 Å². The predicted octanol–water partition coefficient (Wildman–Crippen LogP) is 10.6.